The van der Waals surface area contributed by atoms with Crippen LogP contribution in [0.1, 0.15) is 56.7 Å². The van der Waals surface area contributed by atoms with Crippen LogP contribution in [-0.4, -0.2) is 0 Å². The molecule has 0 saturated carbocycles. The standard InChI is InChI=1S/C15H25N/c1-12(2)6-4-5-7-15(16)14-10-8-13(3)9-11-14/h8-12,15H,4-7,16H2,1-3H3. The van der Waals surface area contributed by atoms with Gasteiger partial charge in [-0.2, -0.15) is 0 Å². The van der Waals surface area contributed by atoms with Crippen LogP contribution in [-0.2, 0) is 0 Å². The minimum Gasteiger partial charge on any atom is -0.324 e. The minimum atomic E-state index is 0.216. The average molecular weight is 219 g/mol. The van der Waals surface area contributed by atoms with Gasteiger partial charge in [0.1, 0.15) is 0 Å². The van der Waals surface area contributed by atoms with Gasteiger partial charge in [0.05, 0.1) is 0 Å². The summed E-state index contributed by atoms with van der Waals surface area (Å²) in [5, 5.41) is 0. The SMILES string of the molecule is Cc1ccc(C(N)CCCCC(C)C)cc1. The molecule has 2 N–H and O–H groups in total. The smallest absolute Gasteiger partial charge is 0.0294 e. The second-order valence-corrected chi connectivity index (χ2v) is 5.20. The van der Waals surface area contributed by atoms with Crippen LogP contribution in [0.3, 0.4) is 0 Å². The van der Waals surface area contributed by atoms with Gasteiger partial charge < -0.3 is 5.73 Å². The second-order valence-electron chi connectivity index (χ2n) is 5.20. The van der Waals surface area contributed by atoms with Crippen molar-refractivity contribution in [1.82, 2.24) is 0 Å². The third kappa shape index (κ3) is 4.80. The monoisotopic (exact) mass is 219 g/mol. The summed E-state index contributed by atoms with van der Waals surface area (Å²) in [6.45, 7) is 6.66. The summed E-state index contributed by atoms with van der Waals surface area (Å²) < 4.78 is 0. The Hall–Kier alpha value is -0.820. The van der Waals surface area contributed by atoms with Gasteiger partial charge in [-0.05, 0) is 24.8 Å². The van der Waals surface area contributed by atoms with Gasteiger partial charge >= 0.3 is 0 Å². The molecule has 0 bridgehead atoms. The Kier molecular flexibility index (Phi) is 5.54. The van der Waals surface area contributed by atoms with E-state index >= 15 is 0 Å². The zero-order valence-electron chi connectivity index (χ0n) is 10.9. The van der Waals surface area contributed by atoms with Crippen LogP contribution in [0.2, 0.25) is 0 Å². The highest BCUT2D eigenvalue weighted by Gasteiger charge is 2.05. The van der Waals surface area contributed by atoms with Crippen LogP contribution in [0.15, 0.2) is 24.3 Å². The number of unbranched alkanes of at least 4 members (excludes halogenated alkanes) is 1. The highest BCUT2D eigenvalue weighted by atomic mass is 14.6. The largest absolute Gasteiger partial charge is 0.324 e. The maximum Gasteiger partial charge on any atom is 0.0294 e. The van der Waals surface area contributed by atoms with Crippen LogP contribution in [0, 0.1) is 12.8 Å². The third-order valence-corrected chi connectivity index (χ3v) is 3.05. The topological polar surface area (TPSA) is 26.0 Å². The van der Waals surface area contributed by atoms with Crippen LogP contribution in [0.4, 0.5) is 0 Å². The van der Waals surface area contributed by atoms with E-state index < -0.39 is 0 Å². The summed E-state index contributed by atoms with van der Waals surface area (Å²) >= 11 is 0. The zero-order chi connectivity index (χ0) is 12.0. The van der Waals surface area contributed by atoms with Crippen molar-refractivity contribution in [2.45, 2.75) is 52.5 Å². The van der Waals surface area contributed by atoms with E-state index in [2.05, 4.69) is 45.0 Å². The zero-order valence-corrected chi connectivity index (χ0v) is 10.9. The van der Waals surface area contributed by atoms with Gasteiger partial charge in [-0.25, -0.2) is 0 Å². The Labute approximate surface area is 100 Å². The minimum absolute atomic E-state index is 0.216. The molecule has 1 heteroatoms. The molecule has 0 aromatic heterocycles. The van der Waals surface area contributed by atoms with Crippen molar-refractivity contribution in [2.24, 2.45) is 11.7 Å². The summed E-state index contributed by atoms with van der Waals surface area (Å²) in [5.74, 6) is 0.815. The number of benzene rings is 1. The van der Waals surface area contributed by atoms with Crippen LogP contribution >= 0.6 is 0 Å². The van der Waals surface area contributed by atoms with Gasteiger partial charge in [0, 0.05) is 6.04 Å². The molecule has 1 aromatic carbocycles. The maximum atomic E-state index is 6.16. The number of hydrogen-bond acceptors (Lipinski definition) is 1. The highest BCUT2D eigenvalue weighted by Crippen LogP contribution is 2.18. The molecular formula is C15H25N. The fourth-order valence-electron chi connectivity index (χ4n) is 1.90. The van der Waals surface area contributed by atoms with Crippen LogP contribution in [0.5, 0.6) is 0 Å². The molecular weight excluding hydrogens is 194 g/mol. The fraction of sp³-hybridized carbons (Fsp3) is 0.600. The Morgan fingerprint density at radius 1 is 1.00 bits per heavy atom. The predicted molar refractivity (Wildman–Crippen MR) is 71.4 cm³/mol. The Morgan fingerprint density at radius 2 is 1.56 bits per heavy atom. The first-order chi connectivity index (χ1) is 7.59. The molecule has 0 radical (unpaired) electrons. The van der Waals surface area contributed by atoms with E-state index in [1.165, 1.54) is 30.4 Å². The van der Waals surface area contributed by atoms with Crippen LogP contribution < -0.4 is 5.73 Å². The quantitative estimate of drug-likeness (QED) is 0.713. The molecule has 0 spiro atoms. The molecule has 0 fully saturated rings. The Balaban J connectivity index is 2.29. The summed E-state index contributed by atoms with van der Waals surface area (Å²) in [6, 6.07) is 8.81. The predicted octanol–water partition coefficient (Wildman–Crippen LogP) is 4.21. The van der Waals surface area contributed by atoms with E-state index in [9.17, 15) is 0 Å². The van der Waals surface area contributed by atoms with Crippen molar-refractivity contribution < 1.29 is 0 Å². The lowest BCUT2D eigenvalue weighted by Gasteiger charge is -2.12. The molecule has 0 aliphatic rings. The Morgan fingerprint density at radius 3 is 2.12 bits per heavy atom. The first-order valence-electron chi connectivity index (χ1n) is 6.41. The second kappa shape index (κ2) is 6.70. The lowest BCUT2D eigenvalue weighted by Crippen LogP contribution is -2.10. The van der Waals surface area contributed by atoms with Gasteiger partial charge in [-0.3, -0.25) is 0 Å². The van der Waals surface area contributed by atoms with E-state index in [0.29, 0.717) is 0 Å². The van der Waals surface area contributed by atoms with Gasteiger partial charge in [-0.1, -0.05) is 62.9 Å². The summed E-state index contributed by atoms with van der Waals surface area (Å²) in [7, 11) is 0. The summed E-state index contributed by atoms with van der Waals surface area (Å²) in [4.78, 5) is 0. The van der Waals surface area contributed by atoms with Crippen molar-refractivity contribution >= 4 is 0 Å². The first kappa shape index (κ1) is 13.2. The molecule has 16 heavy (non-hydrogen) atoms. The van der Waals surface area contributed by atoms with Gasteiger partial charge in [0.15, 0.2) is 0 Å². The van der Waals surface area contributed by atoms with Crippen molar-refractivity contribution in [3.63, 3.8) is 0 Å². The molecule has 1 nitrogen and oxygen atoms in total. The molecule has 1 atom stereocenters. The first-order valence-corrected chi connectivity index (χ1v) is 6.41. The van der Waals surface area contributed by atoms with E-state index in [1.54, 1.807) is 0 Å². The van der Waals surface area contributed by atoms with Gasteiger partial charge in [0.25, 0.3) is 0 Å². The van der Waals surface area contributed by atoms with E-state index in [1.807, 2.05) is 0 Å². The van der Waals surface area contributed by atoms with E-state index in [4.69, 9.17) is 5.73 Å². The van der Waals surface area contributed by atoms with Gasteiger partial charge in [-0.15, -0.1) is 0 Å². The maximum absolute atomic E-state index is 6.16. The number of hydrogen-bond donors (Lipinski definition) is 1. The molecule has 0 saturated heterocycles. The summed E-state index contributed by atoms with van der Waals surface area (Å²) in [5.41, 5.74) is 8.74. The highest BCUT2D eigenvalue weighted by molar-refractivity contribution is 5.23. The van der Waals surface area contributed by atoms with Gasteiger partial charge in [0.2, 0.25) is 0 Å². The van der Waals surface area contributed by atoms with Crippen molar-refractivity contribution in [3.8, 4) is 0 Å². The lowest BCUT2D eigenvalue weighted by atomic mass is 9.98. The number of rotatable bonds is 6. The molecule has 90 valence electrons. The van der Waals surface area contributed by atoms with Crippen molar-refractivity contribution in [1.29, 1.82) is 0 Å². The average Bonchev–Trinajstić information content (AvgIpc) is 2.25. The summed E-state index contributed by atoms with van der Waals surface area (Å²) in [6.07, 6.45) is 4.97. The van der Waals surface area contributed by atoms with E-state index in [-0.39, 0.29) is 6.04 Å². The molecule has 0 amide bonds. The lowest BCUT2D eigenvalue weighted by molar-refractivity contribution is 0.504. The molecule has 1 aromatic rings. The number of nitrogens with two attached hydrogens (primary N) is 1. The molecule has 0 aliphatic heterocycles. The van der Waals surface area contributed by atoms with Crippen LogP contribution in [0.25, 0.3) is 0 Å². The molecule has 0 aliphatic carbocycles. The molecule has 0 heterocycles. The molecule has 1 rings (SSSR count). The van der Waals surface area contributed by atoms with E-state index in [0.717, 1.165) is 12.3 Å². The number of aryl methyl sites for hydroxylation is 1. The normalized spacial score (nSPS) is 13.1. The Bertz CT molecular complexity index is 287. The van der Waals surface area contributed by atoms with Crippen molar-refractivity contribution in [3.05, 3.63) is 35.4 Å². The van der Waals surface area contributed by atoms with Crippen molar-refractivity contribution in [2.75, 3.05) is 0 Å². The third-order valence-electron chi connectivity index (χ3n) is 3.05. The fourth-order valence-corrected chi connectivity index (χ4v) is 1.90. The molecule has 1 unspecified atom stereocenters.